The summed E-state index contributed by atoms with van der Waals surface area (Å²) in [4.78, 5) is 0. The lowest BCUT2D eigenvalue weighted by molar-refractivity contribution is 0.163. The van der Waals surface area contributed by atoms with E-state index in [9.17, 15) is 18.1 Å². The molecule has 1 N–H and O–H groups in total. The molecular formula is C14H21BF3O-. The van der Waals surface area contributed by atoms with E-state index in [4.69, 9.17) is 0 Å². The number of benzene rings is 1. The third-order valence-corrected chi connectivity index (χ3v) is 3.28. The molecule has 0 bridgehead atoms. The smallest absolute Gasteiger partial charge is 0.445 e. The molecule has 0 saturated carbocycles. The van der Waals surface area contributed by atoms with E-state index in [1.807, 2.05) is 0 Å². The second-order valence-corrected chi connectivity index (χ2v) is 4.96. The third kappa shape index (κ3) is 5.68. The molecule has 1 rings (SSSR count). The molecule has 0 aliphatic carbocycles. The average molecular weight is 273 g/mol. The van der Waals surface area contributed by atoms with Gasteiger partial charge in [-0.2, -0.15) is 0 Å². The standard InChI is InChI=1S/C14H21BF3O/c1-2-3-4-5-6-7-14(19)12-8-10-13(11-9-12)15(16,17)18/h8-11,14,19H,2-7H2,1H3/q-1. The normalized spacial score (nSPS) is 13.5. The molecule has 0 saturated heterocycles. The van der Waals surface area contributed by atoms with Gasteiger partial charge in [0.1, 0.15) is 0 Å². The summed E-state index contributed by atoms with van der Waals surface area (Å²) in [5, 5.41) is 9.89. The Bertz CT molecular complexity index is 362. The molecule has 1 aromatic rings. The summed E-state index contributed by atoms with van der Waals surface area (Å²) in [5.74, 6) is 0. The van der Waals surface area contributed by atoms with E-state index in [-0.39, 0.29) is 0 Å². The maximum Gasteiger partial charge on any atom is 0.509 e. The van der Waals surface area contributed by atoms with Crippen LogP contribution in [-0.4, -0.2) is 12.1 Å². The van der Waals surface area contributed by atoms with Crippen LogP contribution in [-0.2, 0) is 0 Å². The van der Waals surface area contributed by atoms with E-state index in [2.05, 4.69) is 6.92 Å². The SMILES string of the molecule is CCCCCCCC(O)c1ccc([B-](F)(F)F)cc1. The quantitative estimate of drug-likeness (QED) is 0.557. The predicted octanol–water partition coefficient (Wildman–Crippen LogP) is 4.13. The first-order chi connectivity index (χ1) is 8.95. The van der Waals surface area contributed by atoms with Gasteiger partial charge in [-0.1, -0.05) is 63.3 Å². The zero-order valence-electron chi connectivity index (χ0n) is 11.3. The second kappa shape index (κ2) is 7.58. The highest BCUT2D eigenvalue weighted by Crippen LogP contribution is 2.20. The second-order valence-electron chi connectivity index (χ2n) is 4.96. The first-order valence-corrected chi connectivity index (χ1v) is 6.93. The minimum Gasteiger partial charge on any atom is -0.445 e. The summed E-state index contributed by atoms with van der Waals surface area (Å²) in [5.41, 5.74) is -0.0433. The molecule has 1 unspecified atom stereocenters. The molecular weight excluding hydrogens is 252 g/mol. The van der Waals surface area contributed by atoms with Crippen LogP contribution in [0.1, 0.15) is 57.1 Å². The minimum atomic E-state index is -4.94. The van der Waals surface area contributed by atoms with Gasteiger partial charge in [0, 0.05) is 0 Å². The van der Waals surface area contributed by atoms with E-state index in [1.165, 1.54) is 25.0 Å². The summed E-state index contributed by atoms with van der Waals surface area (Å²) >= 11 is 0. The molecule has 0 radical (unpaired) electrons. The van der Waals surface area contributed by atoms with Gasteiger partial charge in [-0.05, 0) is 12.0 Å². The van der Waals surface area contributed by atoms with Crippen LogP contribution in [0.3, 0.4) is 0 Å². The summed E-state index contributed by atoms with van der Waals surface area (Å²) in [7, 11) is 0. The fourth-order valence-corrected chi connectivity index (χ4v) is 2.04. The van der Waals surface area contributed by atoms with Crippen LogP contribution in [0.2, 0.25) is 0 Å². The van der Waals surface area contributed by atoms with Crippen molar-refractivity contribution in [3.8, 4) is 0 Å². The predicted molar refractivity (Wildman–Crippen MR) is 73.5 cm³/mol. The zero-order valence-corrected chi connectivity index (χ0v) is 11.3. The Balaban J connectivity index is 2.42. The molecule has 1 nitrogen and oxygen atoms in total. The number of rotatable bonds is 8. The van der Waals surface area contributed by atoms with Crippen molar-refractivity contribution in [1.29, 1.82) is 0 Å². The number of aliphatic hydroxyl groups is 1. The molecule has 0 heterocycles. The van der Waals surface area contributed by atoms with Crippen LogP contribution in [0.25, 0.3) is 0 Å². The average Bonchev–Trinajstić information content (AvgIpc) is 2.37. The van der Waals surface area contributed by atoms with E-state index in [0.29, 0.717) is 12.0 Å². The van der Waals surface area contributed by atoms with Crippen LogP contribution in [0.15, 0.2) is 24.3 Å². The highest BCUT2D eigenvalue weighted by atomic mass is 19.4. The molecule has 0 aromatic heterocycles. The van der Waals surface area contributed by atoms with Crippen molar-refractivity contribution in [2.24, 2.45) is 0 Å². The Labute approximate surface area is 112 Å². The number of unbranched alkanes of at least 4 members (excludes halogenated alkanes) is 4. The maximum atomic E-state index is 12.4. The van der Waals surface area contributed by atoms with Crippen LogP contribution < -0.4 is 5.46 Å². The van der Waals surface area contributed by atoms with E-state index < -0.39 is 18.5 Å². The van der Waals surface area contributed by atoms with Crippen molar-refractivity contribution < 1.29 is 18.1 Å². The Kier molecular flexibility index (Phi) is 6.42. The van der Waals surface area contributed by atoms with Crippen LogP contribution in [0, 0.1) is 0 Å². The van der Waals surface area contributed by atoms with E-state index >= 15 is 0 Å². The van der Waals surface area contributed by atoms with E-state index in [0.717, 1.165) is 31.4 Å². The Hall–Kier alpha value is -0.965. The topological polar surface area (TPSA) is 20.2 Å². The lowest BCUT2D eigenvalue weighted by atomic mass is 9.79. The summed E-state index contributed by atoms with van der Waals surface area (Å²) in [6.45, 7) is -2.81. The molecule has 19 heavy (non-hydrogen) atoms. The molecule has 0 amide bonds. The fourth-order valence-electron chi connectivity index (χ4n) is 2.04. The van der Waals surface area contributed by atoms with Crippen LogP contribution >= 0.6 is 0 Å². The highest BCUT2D eigenvalue weighted by Gasteiger charge is 2.25. The summed E-state index contributed by atoms with van der Waals surface area (Å²) < 4.78 is 37.3. The number of hydrogen-bond acceptors (Lipinski definition) is 1. The number of halogens is 3. The van der Waals surface area contributed by atoms with Gasteiger partial charge in [-0.15, -0.1) is 5.46 Å². The summed E-state index contributed by atoms with van der Waals surface area (Å²) in [6.07, 6.45) is 5.44. The van der Waals surface area contributed by atoms with Gasteiger partial charge >= 0.3 is 6.98 Å². The van der Waals surface area contributed by atoms with E-state index in [1.54, 1.807) is 0 Å². The largest absolute Gasteiger partial charge is 0.509 e. The van der Waals surface area contributed by atoms with Crippen LogP contribution in [0.5, 0.6) is 0 Å². The van der Waals surface area contributed by atoms with Crippen molar-refractivity contribution in [2.45, 2.75) is 51.6 Å². The maximum absolute atomic E-state index is 12.4. The van der Waals surface area contributed by atoms with Gasteiger partial charge in [0.2, 0.25) is 0 Å². The van der Waals surface area contributed by atoms with Gasteiger partial charge < -0.3 is 18.1 Å². The molecule has 0 spiro atoms. The number of aliphatic hydroxyl groups excluding tert-OH is 1. The zero-order chi connectivity index (χ0) is 14.3. The van der Waals surface area contributed by atoms with Gasteiger partial charge in [-0.3, -0.25) is 0 Å². The lowest BCUT2D eigenvalue weighted by Crippen LogP contribution is -2.33. The summed E-state index contributed by atoms with van der Waals surface area (Å²) in [6, 6.07) is 4.85. The Morgan fingerprint density at radius 2 is 1.58 bits per heavy atom. The molecule has 0 aliphatic heterocycles. The van der Waals surface area contributed by atoms with Crippen molar-refractivity contribution in [2.75, 3.05) is 0 Å². The van der Waals surface area contributed by atoms with Gasteiger partial charge in [0.05, 0.1) is 6.10 Å². The minimum absolute atomic E-state index is 0.569. The number of hydrogen-bond donors (Lipinski definition) is 1. The molecule has 1 aromatic carbocycles. The highest BCUT2D eigenvalue weighted by molar-refractivity contribution is 6.73. The van der Waals surface area contributed by atoms with Crippen molar-refractivity contribution in [3.05, 3.63) is 29.8 Å². The fraction of sp³-hybridized carbons (Fsp3) is 0.571. The lowest BCUT2D eigenvalue weighted by Gasteiger charge is -2.16. The first kappa shape index (κ1) is 16.1. The Morgan fingerprint density at radius 1 is 1.00 bits per heavy atom. The molecule has 108 valence electrons. The first-order valence-electron chi connectivity index (χ1n) is 6.93. The van der Waals surface area contributed by atoms with Crippen molar-refractivity contribution in [3.63, 3.8) is 0 Å². The van der Waals surface area contributed by atoms with Gasteiger partial charge in [0.25, 0.3) is 0 Å². The molecule has 1 atom stereocenters. The molecule has 0 fully saturated rings. The third-order valence-electron chi connectivity index (χ3n) is 3.28. The van der Waals surface area contributed by atoms with Gasteiger partial charge in [0.15, 0.2) is 0 Å². The van der Waals surface area contributed by atoms with Crippen molar-refractivity contribution >= 4 is 12.4 Å². The van der Waals surface area contributed by atoms with Gasteiger partial charge in [-0.25, -0.2) is 0 Å². The van der Waals surface area contributed by atoms with Crippen LogP contribution in [0.4, 0.5) is 12.9 Å². The monoisotopic (exact) mass is 273 g/mol. The molecule has 0 aliphatic rings. The van der Waals surface area contributed by atoms with Crippen molar-refractivity contribution in [1.82, 2.24) is 0 Å². The molecule has 5 heteroatoms. The Morgan fingerprint density at radius 3 is 2.11 bits per heavy atom.